The van der Waals surface area contributed by atoms with Gasteiger partial charge < -0.3 is 20.7 Å². The van der Waals surface area contributed by atoms with Crippen molar-refractivity contribution in [3.8, 4) is 5.75 Å². The Hall–Kier alpha value is -3.80. The fraction of sp³-hybridized carbons (Fsp3) is 0.130. The molecule has 0 aliphatic rings. The molecule has 3 amide bonds. The summed E-state index contributed by atoms with van der Waals surface area (Å²) >= 11 is 0. The zero-order valence-electron chi connectivity index (χ0n) is 16.4. The molecule has 0 saturated carbocycles. The summed E-state index contributed by atoms with van der Waals surface area (Å²) < 4.78 is 5.58. The summed E-state index contributed by atoms with van der Waals surface area (Å²) in [5.41, 5.74) is 3.72. The summed E-state index contributed by atoms with van der Waals surface area (Å²) in [6, 6.07) is 21.6. The van der Waals surface area contributed by atoms with E-state index in [9.17, 15) is 9.59 Å². The van der Waals surface area contributed by atoms with E-state index in [0.29, 0.717) is 22.8 Å². The van der Waals surface area contributed by atoms with Crippen LogP contribution in [0, 0.1) is 13.8 Å². The van der Waals surface area contributed by atoms with Gasteiger partial charge in [0.2, 0.25) is 0 Å². The summed E-state index contributed by atoms with van der Waals surface area (Å²) in [7, 11) is 0. The van der Waals surface area contributed by atoms with Gasteiger partial charge >= 0.3 is 6.03 Å². The molecule has 0 heterocycles. The highest BCUT2D eigenvalue weighted by atomic mass is 16.5. The van der Waals surface area contributed by atoms with Crippen LogP contribution >= 0.6 is 0 Å². The van der Waals surface area contributed by atoms with Gasteiger partial charge in [-0.3, -0.25) is 4.79 Å². The topological polar surface area (TPSA) is 79.5 Å². The van der Waals surface area contributed by atoms with Gasteiger partial charge in [0.05, 0.1) is 0 Å². The van der Waals surface area contributed by atoms with Gasteiger partial charge in [-0.25, -0.2) is 4.79 Å². The third-order valence-corrected chi connectivity index (χ3v) is 4.25. The van der Waals surface area contributed by atoms with Gasteiger partial charge in [-0.2, -0.15) is 0 Å². The van der Waals surface area contributed by atoms with E-state index in [-0.39, 0.29) is 18.5 Å². The number of urea groups is 1. The van der Waals surface area contributed by atoms with E-state index in [1.807, 2.05) is 62.4 Å². The highest BCUT2D eigenvalue weighted by Crippen LogP contribution is 2.21. The molecule has 0 atom stereocenters. The molecule has 6 heteroatoms. The minimum atomic E-state index is -0.361. The highest BCUT2D eigenvalue weighted by molar-refractivity contribution is 6.00. The van der Waals surface area contributed by atoms with Crippen LogP contribution in [0.2, 0.25) is 0 Å². The van der Waals surface area contributed by atoms with Gasteiger partial charge in [0.1, 0.15) is 5.75 Å². The average Bonchev–Trinajstić information content (AvgIpc) is 2.70. The first-order chi connectivity index (χ1) is 14.0. The predicted molar refractivity (Wildman–Crippen MR) is 116 cm³/mol. The molecule has 0 fully saturated rings. The van der Waals surface area contributed by atoms with E-state index in [1.165, 1.54) is 0 Å². The van der Waals surface area contributed by atoms with Gasteiger partial charge in [-0.1, -0.05) is 42.5 Å². The van der Waals surface area contributed by atoms with Gasteiger partial charge in [0.15, 0.2) is 6.61 Å². The number of amides is 3. The Labute approximate surface area is 169 Å². The first-order valence-electron chi connectivity index (χ1n) is 9.23. The molecule has 0 spiro atoms. The lowest BCUT2D eigenvalue weighted by molar-refractivity contribution is -0.118. The van der Waals surface area contributed by atoms with Crippen LogP contribution in [-0.2, 0) is 4.79 Å². The quantitative estimate of drug-likeness (QED) is 0.557. The van der Waals surface area contributed by atoms with Gasteiger partial charge in [0.25, 0.3) is 5.91 Å². The van der Waals surface area contributed by atoms with Gasteiger partial charge in [-0.05, 0) is 55.3 Å². The minimum absolute atomic E-state index is 0.101. The van der Waals surface area contributed by atoms with Crippen LogP contribution in [-0.4, -0.2) is 18.5 Å². The molecule has 148 valence electrons. The lowest BCUT2D eigenvalue weighted by Gasteiger charge is -2.13. The Bertz CT molecular complexity index is 1000. The molecule has 0 radical (unpaired) electrons. The molecule has 0 bridgehead atoms. The molecular weight excluding hydrogens is 366 g/mol. The lowest BCUT2D eigenvalue weighted by Crippen LogP contribution is -2.22. The van der Waals surface area contributed by atoms with E-state index in [0.717, 1.165) is 11.1 Å². The number of nitrogens with one attached hydrogen (secondary N) is 3. The molecule has 6 nitrogen and oxygen atoms in total. The van der Waals surface area contributed by atoms with Crippen LogP contribution in [0.25, 0.3) is 0 Å². The molecule has 0 aromatic heterocycles. The van der Waals surface area contributed by atoms with Crippen molar-refractivity contribution < 1.29 is 14.3 Å². The first kappa shape index (κ1) is 19.9. The van der Waals surface area contributed by atoms with Crippen LogP contribution in [0.3, 0.4) is 0 Å². The van der Waals surface area contributed by atoms with Crippen molar-refractivity contribution in [2.24, 2.45) is 0 Å². The molecule has 3 aromatic rings. The van der Waals surface area contributed by atoms with Crippen molar-refractivity contribution in [1.29, 1.82) is 0 Å². The maximum atomic E-state index is 12.3. The number of ether oxygens (including phenoxy) is 1. The van der Waals surface area contributed by atoms with Crippen LogP contribution in [0.1, 0.15) is 11.1 Å². The van der Waals surface area contributed by atoms with Crippen molar-refractivity contribution >= 4 is 29.0 Å². The number of rotatable bonds is 6. The minimum Gasteiger partial charge on any atom is -0.483 e. The SMILES string of the molecule is Cc1ccc(NC(=O)Nc2ccccc2)cc1NC(=O)COc1ccccc1C. The lowest BCUT2D eigenvalue weighted by atomic mass is 10.2. The maximum absolute atomic E-state index is 12.3. The zero-order chi connectivity index (χ0) is 20.6. The normalized spacial score (nSPS) is 10.1. The summed E-state index contributed by atoms with van der Waals surface area (Å²) in [5, 5.41) is 8.34. The molecule has 29 heavy (non-hydrogen) atoms. The van der Waals surface area contributed by atoms with Gasteiger partial charge in [0, 0.05) is 17.1 Å². The highest BCUT2D eigenvalue weighted by Gasteiger charge is 2.09. The summed E-state index contributed by atoms with van der Waals surface area (Å²) in [4.78, 5) is 24.5. The van der Waals surface area contributed by atoms with Crippen LogP contribution in [0.4, 0.5) is 21.9 Å². The van der Waals surface area contributed by atoms with Crippen LogP contribution < -0.4 is 20.7 Å². The smallest absolute Gasteiger partial charge is 0.323 e. The Kier molecular flexibility index (Phi) is 6.47. The maximum Gasteiger partial charge on any atom is 0.323 e. The third-order valence-electron chi connectivity index (χ3n) is 4.25. The molecule has 0 aliphatic carbocycles. The number of carbonyl (C=O) groups is 2. The number of hydrogen-bond donors (Lipinski definition) is 3. The summed E-state index contributed by atoms with van der Waals surface area (Å²) in [6.07, 6.45) is 0. The Balaban J connectivity index is 1.59. The molecule has 0 saturated heterocycles. The second kappa shape index (κ2) is 9.41. The molecule has 3 N–H and O–H groups in total. The van der Waals surface area contributed by atoms with E-state index in [4.69, 9.17) is 4.74 Å². The molecule has 0 aliphatic heterocycles. The summed E-state index contributed by atoms with van der Waals surface area (Å²) in [5.74, 6) is 0.398. The second-order valence-corrected chi connectivity index (χ2v) is 6.58. The number of para-hydroxylation sites is 2. The van der Waals surface area contributed by atoms with E-state index in [2.05, 4.69) is 16.0 Å². The largest absolute Gasteiger partial charge is 0.483 e. The number of carbonyl (C=O) groups excluding carboxylic acids is 2. The van der Waals surface area contributed by atoms with Crippen molar-refractivity contribution in [2.75, 3.05) is 22.6 Å². The molecule has 3 rings (SSSR count). The second-order valence-electron chi connectivity index (χ2n) is 6.58. The first-order valence-corrected chi connectivity index (χ1v) is 9.23. The number of aryl methyl sites for hydroxylation is 2. The fourth-order valence-electron chi connectivity index (χ4n) is 2.70. The molecular formula is C23H23N3O3. The number of hydrogen-bond acceptors (Lipinski definition) is 3. The Morgan fingerprint density at radius 3 is 2.21 bits per heavy atom. The monoisotopic (exact) mass is 389 g/mol. The summed E-state index contributed by atoms with van der Waals surface area (Å²) in [6.45, 7) is 3.70. The van der Waals surface area contributed by atoms with E-state index in [1.54, 1.807) is 24.3 Å². The van der Waals surface area contributed by atoms with Crippen molar-refractivity contribution in [3.05, 3.63) is 83.9 Å². The fourth-order valence-corrected chi connectivity index (χ4v) is 2.70. The molecule has 0 unspecified atom stereocenters. The van der Waals surface area contributed by atoms with Crippen molar-refractivity contribution in [1.82, 2.24) is 0 Å². The van der Waals surface area contributed by atoms with E-state index >= 15 is 0 Å². The van der Waals surface area contributed by atoms with E-state index < -0.39 is 0 Å². The number of benzene rings is 3. The average molecular weight is 389 g/mol. The van der Waals surface area contributed by atoms with Crippen LogP contribution in [0.15, 0.2) is 72.8 Å². The van der Waals surface area contributed by atoms with Crippen molar-refractivity contribution in [3.63, 3.8) is 0 Å². The van der Waals surface area contributed by atoms with Crippen molar-refractivity contribution in [2.45, 2.75) is 13.8 Å². The van der Waals surface area contributed by atoms with Crippen LogP contribution in [0.5, 0.6) is 5.75 Å². The predicted octanol–water partition coefficient (Wildman–Crippen LogP) is 4.96. The Morgan fingerprint density at radius 1 is 0.759 bits per heavy atom. The van der Waals surface area contributed by atoms with Gasteiger partial charge in [-0.15, -0.1) is 0 Å². The number of anilines is 3. The third kappa shape index (κ3) is 5.84. The standard InChI is InChI=1S/C23H23N3O3/c1-16-12-13-19(25-23(28)24-18-9-4-3-5-10-18)14-20(16)26-22(27)15-29-21-11-7-6-8-17(21)2/h3-14H,15H2,1-2H3,(H,26,27)(H2,24,25,28). The molecule has 3 aromatic carbocycles. The zero-order valence-corrected chi connectivity index (χ0v) is 16.4. The Morgan fingerprint density at radius 2 is 1.45 bits per heavy atom.